The Labute approximate surface area is 219 Å². The van der Waals surface area contributed by atoms with E-state index in [-0.39, 0.29) is 17.3 Å². The van der Waals surface area contributed by atoms with Crippen LogP contribution in [0.5, 0.6) is 0 Å². The van der Waals surface area contributed by atoms with Crippen molar-refractivity contribution in [2.45, 2.75) is 18.0 Å². The van der Waals surface area contributed by atoms with Crippen LogP contribution in [0.25, 0.3) is 6.08 Å². The molecule has 4 aromatic carbocycles. The molecule has 3 atom stereocenters. The minimum Gasteiger partial charge on any atom is -0.352 e. The lowest BCUT2D eigenvalue weighted by Gasteiger charge is -2.37. The van der Waals surface area contributed by atoms with E-state index in [4.69, 9.17) is 0 Å². The molecule has 0 unspecified atom stereocenters. The highest BCUT2D eigenvalue weighted by Crippen LogP contribution is 2.60. The Morgan fingerprint density at radius 3 is 2.03 bits per heavy atom. The fourth-order valence-electron chi connectivity index (χ4n) is 6.73. The summed E-state index contributed by atoms with van der Waals surface area (Å²) in [6.45, 7) is 0. The van der Waals surface area contributed by atoms with E-state index in [0.29, 0.717) is 22.3 Å². The van der Waals surface area contributed by atoms with Crippen LogP contribution in [-0.4, -0.2) is 29.4 Å². The van der Waals surface area contributed by atoms with Gasteiger partial charge in [0.1, 0.15) is 17.3 Å². The summed E-state index contributed by atoms with van der Waals surface area (Å²) in [6.07, 6.45) is 3.82. The highest BCUT2D eigenvalue weighted by atomic mass is 19.1. The first-order valence-electron chi connectivity index (χ1n) is 12.6. The summed E-state index contributed by atoms with van der Waals surface area (Å²) in [5.74, 6) is -2.06. The monoisotopic (exact) mass is 499 g/mol. The van der Waals surface area contributed by atoms with Gasteiger partial charge in [-0.1, -0.05) is 97.1 Å². The Balaban J connectivity index is 1.55. The summed E-state index contributed by atoms with van der Waals surface area (Å²) < 4.78 is 14.1. The van der Waals surface area contributed by atoms with Crippen molar-refractivity contribution >= 4 is 29.1 Å². The number of carbonyl (C=O) groups is 3. The average molecular weight is 500 g/mol. The number of nitrogens with zero attached hydrogens (tertiary/aromatic N) is 1. The van der Waals surface area contributed by atoms with Crippen LogP contribution in [-0.2, 0) is 0 Å². The van der Waals surface area contributed by atoms with Gasteiger partial charge in [0.2, 0.25) is 0 Å². The van der Waals surface area contributed by atoms with Crippen molar-refractivity contribution in [3.05, 3.63) is 143 Å². The molecule has 0 amide bonds. The maximum absolute atomic E-state index is 14.5. The molecule has 184 valence electrons. The fourth-order valence-corrected chi connectivity index (χ4v) is 6.73. The molecule has 0 N–H and O–H groups in total. The highest BCUT2D eigenvalue weighted by Gasteiger charge is 2.71. The third-order valence-electron chi connectivity index (χ3n) is 8.27. The summed E-state index contributed by atoms with van der Waals surface area (Å²) in [7, 11) is 0. The van der Waals surface area contributed by atoms with Gasteiger partial charge in [0, 0.05) is 28.3 Å². The lowest BCUT2D eigenvalue weighted by atomic mass is 9.64. The van der Waals surface area contributed by atoms with Gasteiger partial charge in [-0.15, -0.1) is 0 Å². The number of carbonyl (C=O) groups excluding carboxylic acids is 3. The summed E-state index contributed by atoms with van der Waals surface area (Å²) in [6, 6.07) is 27.8. The van der Waals surface area contributed by atoms with Crippen LogP contribution in [0, 0.1) is 11.2 Å². The minimum atomic E-state index is -1.58. The molecule has 1 spiro atoms. The van der Waals surface area contributed by atoms with Gasteiger partial charge in [-0.2, -0.15) is 0 Å². The van der Waals surface area contributed by atoms with Gasteiger partial charge in [-0.05, 0) is 29.3 Å². The average Bonchev–Trinajstić information content (AvgIpc) is 3.40. The number of halogens is 1. The molecule has 4 aromatic rings. The lowest BCUT2D eigenvalue weighted by Crippen LogP contribution is -2.48. The minimum absolute atomic E-state index is 0.191. The second kappa shape index (κ2) is 8.18. The number of Topliss-reactive ketones (excluding diaryl/α,β-unsaturated/α-hetero) is 3. The Morgan fingerprint density at radius 2 is 1.34 bits per heavy atom. The number of hydrogen-bond donors (Lipinski definition) is 0. The molecule has 2 heterocycles. The van der Waals surface area contributed by atoms with Gasteiger partial charge < -0.3 is 4.90 Å². The maximum Gasteiger partial charge on any atom is 0.185 e. The number of para-hydroxylation sites is 1. The van der Waals surface area contributed by atoms with Gasteiger partial charge in [-0.25, -0.2) is 4.39 Å². The van der Waals surface area contributed by atoms with Crippen LogP contribution >= 0.6 is 0 Å². The third-order valence-corrected chi connectivity index (χ3v) is 8.27. The van der Waals surface area contributed by atoms with E-state index in [2.05, 4.69) is 0 Å². The molecular weight excluding hydrogens is 477 g/mol. The van der Waals surface area contributed by atoms with Crippen LogP contribution in [0.2, 0.25) is 0 Å². The number of hydrogen-bond acceptors (Lipinski definition) is 4. The number of fused-ring (bicyclic) bond motifs is 5. The van der Waals surface area contributed by atoms with E-state index in [9.17, 15) is 18.8 Å². The van der Waals surface area contributed by atoms with Crippen molar-refractivity contribution in [3.63, 3.8) is 0 Å². The second-order valence-corrected chi connectivity index (χ2v) is 10.0. The highest BCUT2D eigenvalue weighted by molar-refractivity contribution is 6.32. The van der Waals surface area contributed by atoms with Crippen molar-refractivity contribution in [2.75, 3.05) is 4.90 Å². The van der Waals surface area contributed by atoms with E-state index in [1.165, 1.54) is 12.1 Å². The van der Waals surface area contributed by atoms with Crippen molar-refractivity contribution < 1.29 is 18.8 Å². The first-order chi connectivity index (χ1) is 18.5. The fraction of sp³-hybridized carbons (Fsp3) is 0.121. The molecule has 1 fully saturated rings. The van der Waals surface area contributed by atoms with Crippen molar-refractivity contribution in [1.29, 1.82) is 0 Å². The van der Waals surface area contributed by atoms with E-state index in [0.717, 1.165) is 11.3 Å². The molecule has 2 aliphatic heterocycles. The van der Waals surface area contributed by atoms with Gasteiger partial charge >= 0.3 is 0 Å². The number of benzene rings is 4. The summed E-state index contributed by atoms with van der Waals surface area (Å²) in [5.41, 5.74) is 1.91. The zero-order valence-corrected chi connectivity index (χ0v) is 20.3. The van der Waals surface area contributed by atoms with Crippen molar-refractivity contribution in [2.24, 2.45) is 5.41 Å². The third kappa shape index (κ3) is 2.87. The van der Waals surface area contributed by atoms with E-state index in [1.807, 2.05) is 47.4 Å². The zero-order chi connectivity index (χ0) is 26.0. The predicted molar refractivity (Wildman–Crippen MR) is 143 cm³/mol. The molecule has 4 nitrogen and oxygen atoms in total. The normalized spacial score (nSPS) is 22.3. The Kier molecular flexibility index (Phi) is 4.86. The molecule has 0 bridgehead atoms. The van der Waals surface area contributed by atoms with Gasteiger partial charge in [0.15, 0.2) is 17.3 Å². The molecule has 3 aliphatic rings. The van der Waals surface area contributed by atoms with Crippen LogP contribution < -0.4 is 4.90 Å². The summed E-state index contributed by atoms with van der Waals surface area (Å²) in [4.78, 5) is 45.4. The Hall–Kier alpha value is -4.64. The number of anilines is 1. The van der Waals surface area contributed by atoms with Crippen LogP contribution in [0.4, 0.5) is 10.1 Å². The summed E-state index contributed by atoms with van der Waals surface area (Å²) in [5, 5.41) is 0. The largest absolute Gasteiger partial charge is 0.352 e. The van der Waals surface area contributed by atoms with Gasteiger partial charge in [-0.3, -0.25) is 14.4 Å². The predicted octanol–water partition coefficient (Wildman–Crippen LogP) is 6.14. The maximum atomic E-state index is 14.5. The van der Waals surface area contributed by atoms with Gasteiger partial charge in [0.25, 0.3) is 0 Å². The molecule has 1 aliphatic carbocycles. The number of rotatable bonds is 3. The Morgan fingerprint density at radius 1 is 0.737 bits per heavy atom. The summed E-state index contributed by atoms with van der Waals surface area (Å²) >= 11 is 0. The van der Waals surface area contributed by atoms with E-state index < -0.39 is 29.2 Å². The standard InChI is InChI=1S/C33H22FNO3/c34-23-17-14-21(15-18-23)28-29(30(36)22-9-2-1-3-10-22)35-26-13-7-4-8-20(26)16-19-27(35)33(28)31(37)24-11-5-6-12-25(24)32(33)38/h1-19,27-29H/t27-,28+,29+/m1/s1. The van der Waals surface area contributed by atoms with Gasteiger partial charge in [0.05, 0.1) is 6.04 Å². The molecule has 7 rings (SSSR count). The Bertz CT molecular complexity index is 1620. The smallest absolute Gasteiger partial charge is 0.185 e. The van der Waals surface area contributed by atoms with Crippen molar-refractivity contribution in [1.82, 2.24) is 0 Å². The SMILES string of the molecule is O=C(c1ccccc1)[C@@H]1[C@H](c2ccc(F)cc2)C2(C(=O)c3ccccc3C2=O)[C@H]2C=Cc3ccccc3N12. The molecule has 38 heavy (non-hydrogen) atoms. The molecule has 0 aromatic heterocycles. The first-order valence-corrected chi connectivity index (χ1v) is 12.6. The quantitative estimate of drug-likeness (QED) is 0.251. The van der Waals surface area contributed by atoms with E-state index >= 15 is 0 Å². The lowest BCUT2D eigenvalue weighted by molar-refractivity contribution is 0.0666. The van der Waals surface area contributed by atoms with Crippen LogP contribution in [0.1, 0.15) is 48.1 Å². The number of ketones is 3. The molecule has 0 saturated carbocycles. The topological polar surface area (TPSA) is 54.5 Å². The zero-order valence-electron chi connectivity index (χ0n) is 20.3. The molecular formula is C33H22FNO3. The van der Waals surface area contributed by atoms with Crippen LogP contribution in [0.3, 0.4) is 0 Å². The van der Waals surface area contributed by atoms with Crippen molar-refractivity contribution in [3.8, 4) is 0 Å². The van der Waals surface area contributed by atoms with Crippen LogP contribution in [0.15, 0.2) is 109 Å². The van der Waals surface area contributed by atoms with E-state index in [1.54, 1.807) is 60.7 Å². The second-order valence-electron chi connectivity index (χ2n) is 10.0. The molecule has 0 radical (unpaired) electrons. The molecule has 5 heteroatoms. The molecule has 1 saturated heterocycles. The first kappa shape index (κ1) is 22.5.